The van der Waals surface area contributed by atoms with Crippen molar-refractivity contribution in [3.63, 3.8) is 0 Å². The lowest BCUT2D eigenvalue weighted by molar-refractivity contribution is -0.152. The van der Waals surface area contributed by atoms with E-state index >= 15 is 0 Å². The van der Waals surface area contributed by atoms with Crippen molar-refractivity contribution >= 4 is 18.4 Å². The third kappa shape index (κ3) is 10.5. The summed E-state index contributed by atoms with van der Waals surface area (Å²) in [6.07, 6.45) is -6.44. The van der Waals surface area contributed by atoms with Gasteiger partial charge in [-0.05, 0) is 0 Å². The third-order valence-corrected chi connectivity index (χ3v) is 0.622. The Morgan fingerprint density at radius 1 is 1.40 bits per heavy atom. The molecule has 10 heavy (non-hydrogen) atoms. The Hall–Kier alpha value is -0.450. The smallest absolute Gasteiger partial charge is 0.389 e. The second-order valence-corrected chi connectivity index (χ2v) is 1.51. The molecule has 1 N–H and O–H groups in total. The van der Waals surface area contributed by atoms with Crippen molar-refractivity contribution in [1.82, 2.24) is 0 Å². The molecule has 0 saturated carbocycles. The Morgan fingerprint density at radius 2 is 1.80 bits per heavy atom. The van der Waals surface area contributed by atoms with Gasteiger partial charge in [-0.3, -0.25) is 4.79 Å². The molecule has 0 aliphatic rings. The van der Waals surface area contributed by atoms with Gasteiger partial charge in [0.05, 0.1) is 12.8 Å². The minimum absolute atomic E-state index is 0. The largest absolute Gasteiger partial charge is 0.481 e. The van der Waals surface area contributed by atoms with Crippen LogP contribution in [-0.4, -0.2) is 17.3 Å². The van der Waals surface area contributed by atoms with Crippen LogP contribution in [0.1, 0.15) is 12.8 Å². The van der Waals surface area contributed by atoms with Gasteiger partial charge in [0.2, 0.25) is 0 Å². The summed E-state index contributed by atoms with van der Waals surface area (Å²) >= 11 is 0. The molecule has 0 amide bonds. The topological polar surface area (TPSA) is 37.3 Å². The predicted octanol–water partition coefficient (Wildman–Crippen LogP) is 1.84. The van der Waals surface area contributed by atoms with Gasteiger partial charge in [0.1, 0.15) is 0 Å². The van der Waals surface area contributed by atoms with E-state index in [0.717, 1.165) is 0 Å². The average Bonchev–Trinajstić information content (AvgIpc) is 1.59. The second kappa shape index (κ2) is 4.38. The Kier molecular flexibility index (Phi) is 5.36. The van der Waals surface area contributed by atoms with Crippen LogP contribution in [0.3, 0.4) is 0 Å². The van der Waals surface area contributed by atoms with E-state index in [1.807, 2.05) is 0 Å². The predicted molar refractivity (Wildman–Crippen MR) is 30.2 cm³/mol. The van der Waals surface area contributed by atoms with E-state index in [1.54, 1.807) is 0 Å². The molecule has 2 nitrogen and oxygen atoms in total. The summed E-state index contributed by atoms with van der Waals surface area (Å²) in [4.78, 5) is 9.55. The van der Waals surface area contributed by atoms with Crippen LogP contribution in [0.15, 0.2) is 0 Å². The van der Waals surface area contributed by atoms with Crippen molar-refractivity contribution in [3.8, 4) is 0 Å². The van der Waals surface area contributed by atoms with Crippen LogP contribution in [0.25, 0.3) is 0 Å². The fourth-order valence-corrected chi connectivity index (χ4v) is 0.249. The number of rotatable bonds is 2. The van der Waals surface area contributed by atoms with Crippen molar-refractivity contribution in [2.24, 2.45) is 0 Å². The number of carboxylic acid groups (broad SMARTS) is 1. The molecule has 0 aromatic rings. The van der Waals surface area contributed by atoms with E-state index in [2.05, 4.69) is 0 Å². The number of alkyl halides is 3. The zero-order valence-electron chi connectivity index (χ0n) is 4.81. The highest BCUT2D eigenvalue weighted by Gasteiger charge is 2.27. The number of hydrogen-bond donors (Lipinski definition) is 1. The summed E-state index contributed by atoms with van der Waals surface area (Å²) in [7, 11) is 0. The highest BCUT2D eigenvalue weighted by Crippen LogP contribution is 2.20. The highest BCUT2D eigenvalue weighted by molar-refractivity contribution is 5.85. The molecule has 0 heterocycles. The lowest BCUT2D eigenvalue weighted by atomic mass is 10.3. The van der Waals surface area contributed by atoms with Crippen molar-refractivity contribution < 1.29 is 23.1 Å². The van der Waals surface area contributed by atoms with Crippen molar-refractivity contribution in [1.29, 1.82) is 0 Å². The molecule has 0 rings (SSSR count). The van der Waals surface area contributed by atoms with E-state index in [4.69, 9.17) is 5.11 Å². The maximum atomic E-state index is 11.2. The zero-order valence-corrected chi connectivity index (χ0v) is 5.63. The first kappa shape index (κ1) is 12.2. The quantitative estimate of drug-likeness (QED) is 0.701. The van der Waals surface area contributed by atoms with Crippen molar-refractivity contribution in [2.45, 2.75) is 19.0 Å². The SMILES string of the molecule is Cl.O=C(O)CCC(F)(F)F. The number of halogens is 4. The van der Waals surface area contributed by atoms with E-state index in [0.29, 0.717) is 0 Å². The molecule has 0 spiro atoms. The molecule has 0 aliphatic carbocycles. The first-order chi connectivity index (χ1) is 3.92. The number of aliphatic carboxylic acids is 1. The molecule has 0 atom stereocenters. The monoisotopic (exact) mass is 178 g/mol. The zero-order chi connectivity index (χ0) is 7.49. The van der Waals surface area contributed by atoms with E-state index < -0.39 is 25.0 Å². The molecule has 0 unspecified atom stereocenters. The van der Waals surface area contributed by atoms with Gasteiger partial charge >= 0.3 is 12.1 Å². The van der Waals surface area contributed by atoms with Gasteiger partial charge in [0.15, 0.2) is 0 Å². The minimum Gasteiger partial charge on any atom is -0.481 e. The molecule has 0 fully saturated rings. The molecule has 0 aliphatic heterocycles. The van der Waals surface area contributed by atoms with Crippen LogP contribution in [0.4, 0.5) is 13.2 Å². The van der Waals surface area contributed by atoms with Crippen LogP contribution < -0.4 is 0 Å². The Balaban J connectivity index is 0. The lowest BCUT2D eigenvalue weighted by Crippen LogP contribution is -2.09. The first-order valence-corrected chi connectivity index (χ1v) is 2.20. The summed E-state index contributed by atoms with van der Waals surface area (Å²) in [6, 6.07) is 0. The van der Waals surface area contributed by atoms with Gasteiger partial charge in [-0.25, -0.2) is 0 Å². The Labute approximate surface area is 61.4 Å². The Bertz CT molecular complexity index is 112. The van der Waals surface area contributed by atoms with Crippen LogP contribution in [-0.2, 0) is 4.79 Å². The molecule has 0 bridgehead atoms. The Morgan fingerprint density at radius 3 is 1.90 bits per heavy atom. The maximum absolute atomic E-state index is 11.2. The molecule has 0 saturated heterocycles. The van der Waals surface area contributed by atoms with E-state index in [1.165, 1.54) is 0 Å². The summed E-state index contributed by atoms with van der Waals surface area (Å²) in [5.74, 6) is -1.42. The molecule has 62 valence electrons. The molecule has 0 aromatic heterocycles. The van der Waals surface area contributed by atoms with Crippen LogP contribution in [0, 0.1) is 0 Å². The minimum atomic E-state index is -4.35. The second-order valence-electron chi connectivity index (χ2n) is 1.51. The van der Waals surface area contributed by atoms with Crippen molar-refractivity contribution in [3.05, 3.63) is 0 Å². The fourth-order valence-electron chi connectivity index (χ4n) is 0.249. The van der Waals surface area contributed by atoms with Crippen molar-refractivity contribution in [2.75, 3.05) is 0 Å². The summed E-state index contributed by atoms with van der Waals surface area (Å²) in [6.45, 7) is 0. The molecular weight excluding hydrogens is 172 g/mol. The average molecular weight is 179 g/mol. The van der Waals surface area contributed by atoms with Gasteiger partial charge < -0.3 is 5.11 Å². The fraction of sp³-hybridized carbons (Fsp3) is 0.750. The maximum Gasteiger partial charge on any atom is 0.389 e. The molecule has 0 aromatic carbocycles. The number of carbonyl (C=O) groups is 1. The van der Waals surface area contributed by atoms with E-state index in [9.17, 15) is 18.0 Å². The lowest BCUT2D eigenvalue weighted by Gasteiger charge is -2.01. The van der Waals surface area contributed by atoms with Gasteiger partial charge in [-0.2, -0.15) is 13.2 Å². The number of carboxylic acids is 1. The molecular formula is C4H6ClF3O2. The van der Waals surface area contributed by atoms with Gasteiger partial charge in [-0.15, -0.1) is 12.4 Å². The standard InChI is InChI=1S/C4H5F3O2.ClH/c5-4(6,7)2-1-3(8)9;/h1-2H2,(H,8,9);1H. The van der Waals surface area contributed by atoms with Gasteiger partial charge in [0, 0.05) is 0 Å². The van der Waals surface area contributed by atoms with Crippen LogP contribution in [0.5, 0.6) is 0 Å². The number of hydrogen-bond acceptors (Lipinski definition) is 1. The summed E-state index contributed by atoms with van der Waals surface area (Å²) < 4.78 is 33.5. The van der Waals surface area contributed by atoms with E-state index in [-0.39, 0.29) is 12.4 Å². The van der Waals surface area contributed by atoms with Gasteiger partial charge in [-0.1, -0.05) is 0 Å². The molecule has 6 heteroatoms. The van der Waals surface area contributed by atoms with Gasteiger partial charge in [0.25, 0.3) is 0 Å². The third-order valence-electron chi connectivity index (χ3n) is 0.622. The highest BCUT2D eigenvalue weighted by atomic mass is 35.5. The molecule has 0 radical (unpaired) electrons. The summed E-state index contributed by atoms with van der Waals surface area (Å²) in [5, 5.41) is 7.78. The normalized spacial score (nSPS) is 10.3. The first-order valence-electron chi connectivity index (χ1n) is 2.20. The van der Waals surface area contributed by atoms with Crippen LogP contribution in [0.2, 0.25) is 0 Å². The summed E-state index contributed by atoms with van der Waals surface area (Å²) in [5.41, 5.74) is 0. The van der Waals surface area contributed by atoms with Crippen LogP contribution >= 0.6 is 12.4 Å².